The summed E-state index contributed by atoms with van der Waals surface area (Å²) in [6, 6.07) is 1.77. The van der Waals surface area contributed by atoms with E-state index in [1.54, 1.807) is 4.72 Å². The summed E-state index contributed by atoms with van der Waals surface area (Å²) < 4.78 is 74.0. The molecule has 3 N–H and O–H groups in total. The number of hydrogen-bond donors (Lipinski definition) is 2. The number of anilines is 1. The summed E-state index contributed by atoms with van der Waals surface area (Å²) in [5.41, 5.74) is 5.18. The van der Waals surface area contributed by atoms with Gasteiger partial charge in [0.25, 0.3) is 0 Å². The van der Waals surface area contributed by atoms with Gasteiger partial charge >= 0.3 is 6.18 Å². The van der Waals surface area contributed by atoms with E-state index in [2.05, 4.69) is 0 Å². The smallest absolute Gasteiger partial charge is 0.390 e. The molecule has 10 heteroatoms. The molecule has 108 valence electrons. The molecule has 0 saturated carbocycles. The maximum Gasteiger partial charge on any atom is 0.390 e. The third-order valence-electron chi connectivity index (χ3n) is 2.01. The average molecular weight is 321 g/mol. The van der Waals surface area contributed by atoms with Gasteiger partial charge in [0.1, 0.15) is 4.90 Å². The largest absolute Gasteiger partial charge is 0.399 e. The first-order valence-electron chi connectivity index (χ1n) is 4.84. The molecular formula is C9H9ClF4N2O2S. The zero-order valence-corrected chi connectivity index (χ0v) is 10.8. The number of halogens is 5. The Morgan fingerprint density at radius 1 is 1.32 bits per heavy atom. The van der Waals surface area contributed by atoms with E-state index >= 15 is 0 Å². The maximum absolute atomic E-state index is 13.5. The van der Waals surface area contributed by atoms with Crippen LogP contribution in [-0.2, 0) is 10.0 Å². The minimum absolute atomic E-state index is 0.123. The number of nitrogens with one attached hydrogen (secondary N) is 1. The average Bonchev–Trinajstić information content (AvgIpc) is 2.20. The van der Waals surface area contributed by atoms with Crippen LogP contribution in [0.2, 0.25) is 5.02 Å². The van der Waals surface area contributed by atoms with Gasteiger partial charge in [0.2, 0.25) is 10.0 Å². The summed E-state index contributed by atoms with van der Waals surface area (Å²) >= 11 is 5.40. The third-order valence-corrected chi connectivity index (χ3v) is 3.74. The molecule has 0 amide bonds. The summed E-state index contributed by atoms with van der Waals surface area (Å²) in [4.78, 5) is -0.889. The summed E-state index contributed by atoms with van der Waals surface area (Å²) in [5.74, 6) is -1.27. The maximum atomic E-state index is 13.5. The lowest BCUT2D eigenvalue weighted by Gasteiger charge is -2.10. The first-order valence-corrected chi connectivity index (χ1v) is 6.70. The van der Waals surface area contributed by atoms with Gasteiger partial charge in [-0.3, -0.25) is 0 Å². The SMILES string of the molecule is Nc1cc(Cl)c(F)c(S(=O)(=O)NCCC(F)(F)F)c1. The molecule has 0 aliphatic rings. The Balaban J connectivity index is 2.95. The van der Waals surface area contributed by atoms with Gasteiger partial charge in [-0.25, -0.2) is 17.5 Å². The zero-order valence-electron chi connectivity index (χ0n) is 9.26. The highest BCUT2D eigenvalue weighted by atomic mass is 35.5. The van der Waals surface area contributed by atoms with E-state index in [1.807, 2.05) is 0 Å². The van der Waals surface area contributed by atoms with Crippen molar-refractivity contribution in [2.75, 3.05) is 12.3 Å². The fourth-order valence-corrected chi connectivity index (χ4v) is 2.63. The number of nitrogens with two attached hydrogens (primary N) is 1. The number of rotatable bonds is 4. The van der Waals surface area contributed by atoms with Crippen molar-refractivity contribution in [3.63, 3.8) is 0 Å². The standard InChI is InChI=1S/C9H9ClF4N2O2S/c10-6-3-5(15)4-7(8(6)11)19(17,18)16-2-1-9(12,13)14/h3-4,16H,1-2,15H2. The van der Waals surface area contributed by atoms with Gasteiger partial charge in [-0.15, -0.1) is 0 Å². The van der Waals surface area contributed by atoms with Gasteiger partial charge in [0, 0.05) is 12.2 Å². The highest BCUT2D eigenvalue weighted by Gasteiger charge is 2.28. The number of sulfonamides is 1. The quantitative estimate of drug-likeness (QED) is 0.660. The third kappa shape index (κ3) is 4.51. The van der Waals surface area contributed by atoms with Crippen LogP contribution in [-0.4, -0.2) is 21.1 Å². The van der Waals surface area contributed by atoms with E-state index in [1.165, 1.54) is 0 Å². The van der Waals surface area contributed by atoms with Crippen molar-refractivity contribution < 1.29 is 26.0 Å². The van der Waals surface area contributed by atoms with Crippen molar-refractivity contribution in [1.82, 2.24) is 4.72 Å². The topological polar surface area (TPSA) is 72.2 Å². The van der Waals surface area contributed by atoms with Gasteiger partial charge in [0.15, 0.2) is 5.82 Å². The number of benzene rings is 1. The van der Waals surface area contributed by atoms with E-state index in [0.717, 1.165) is 12.1 Å². The van der Waals surface area contributed by atoms with Crippen molar-refractivity contribution in [1.29, 1.82) is 0 Å². The van der Waals surface area contributed by atoms with Crippen LogP contribution in [0.3, 0.4) is 0 Å². The molecule has 0 radical (unpaired) electrons. The molecule has 0 heterocycles. The molecule has 0 aromatic heterocycles. The van der Waals surface area contributed by atoms with Crippen LogP contribution in [0.4, 0.5) is 23.2 Å². The number of alkyl halides is 3. The van der Waals surface area contributed by atoms with Crippen molar-refractivity contribution in [3.8, 4) is 0 Å². The second-order valence-corrected chi connectivity index (χ2v) is 5.72. The van der Waals surface area contributed by atoms with Gasteiger partial charge < -0.3 is 5.73 Å². The molecule has 0 unspecified atom stereocenters. The van der Waals surface area contributed by atoms with Crippen molar-refractivity contribution in [2.24, 2.45) is 0 Å². The predicted octanol–water partition coefficient (Wildman–Crippen LogP) is 2.29. The van der Waals surface area contributed by atoms with Crippen LogP contribution in [0, 0.1) is 5.82 Å². The molecule has 0 spiro atoms. The molecular weight excluding hydrogens is 312 g/mol. The Morgan fingerprint density at radius 2 is 1.89 bits per heavy atom. The van der Waals surface area contributed by atoms with Gasteiger partial charge in [-0.2, -0.15) is 13.2 Å². The summed E-state index contributed by atoms with van der Waals surface area (Å²) in [5, 5.41) is -0.531. The first kappa shape index (κ1) is 16.0. The monoisotopic (exact) mass is 320 g/mol. The fraction of sp³-hybridized carbons (Fsp3) is 0.333. The lowest BCUT2D eigenvalue weighted by Crippen LogP contribution is -2.28. The highest BCUT2D eigenvalue weighted by molar-refractivity contribution is 7.89. The Kier molecular flexibility index (Phi) is 4.64. The second-order valence-electron chi connectivity index (χ2n) is 3.58. The van der Waals surface area contributed by atoms with Crippen molar-refractivity contribution >= 4 is 27.3 Å². The summed E-state index contributed by atoms with van der Waals surface area (Å²) in [6.45, 7) is -0.905. The molecule has 0 saturated heterocycles. The van der Waals surface area contributed by atoms with E-state index < -0.39 is 44.9 Å². The molecule has 1 aromatic carbocycles. The predicted molar refractivity (Wildman–Crippen MR) is 61.7 cm³/mol. The summed E-state index contributed by atoms with van der Waals surface area (Å²) in [6.07, 6.45) is -5.89. The van der Waals surface area contributed by atoms with Crippen molar-refractivity contribution in [2.45, 2.75) is 17.5 Å². The highest BCUT2D eigenvalue weighted by Crippen LogP contribution is 2.26. The Labute approximate surface area is 111 Å². The molecule has 0 aliphatic heterocycles. The van der Waals surface area contributed by atoms with Gasteiger partial charge in [-0.1, -0.05) is 11.6 Å². The van der Waals surface area contributed by atoms with E-state index in [0.29, 0.717) is 0 Å². The molecule has 4 nitrogen and oxygen atoms in total. The van der Waals surface area contributed by atoms with E-state index in [4.69, 9.17) is 17.3 Å². The van der Waals surface area contributed by atoms with Crippen LogP contribution in [0.15, 0.2) is 17.0 Å². The fourth-order valence-electron chi connectivity index (χ4n) is 1.18. The molecule has 0 bridgehead atoms. The number of nitrogen functional groups attached to an aromatic ring is 1. The van der Waals surface area contributed by atoms with Gasteiger partial charge in [-0.05, 0) is 12.1 Å². The summed E-state index contributed by atoms with van der Waals surface area (Å²) in [7, 11) is -4.45. The van der Waals surface area contributed by atoms with E-state index in [-0.39, 0.29) is 5.69 Å². The van der Waals surface area contributed by atoms with Crippen molar-refractivity contribution in [3.05, 3.63) is 23.0 Å². The zero-order chi connectivity index (χ0) is 14.8. The lowest BCUT2D eigenvalue weighted by molar-refractivity contribution is -0.132. The van der Waals surface area contributed by atoms with Crippen LogP contribution in [0.1, 0.15) is 6.42 Å². The second kappa shape index (κ2) is 5.51. The first-order chi connectivity index (χ1) is 8.53. The van der Waals surface area contributed by atoms with Crippen LogP contribution in [0.5, 0.6) is 0 Å². The Hall–Kier alpha value is -1.06. The molecule has 19 heavy (non-hydrogen) atoms. The van der Waals surface area contributed by atoms with Crippen LogP contribution in [0.25, 0.3) is 0 Å². The Bertz CT molecular complexity index is 574. The van der Waals surface area contributed by atoms with E-state index in [9.17, 15) is 26.0 Å². The molecule has 1 aromatic rings. The van der Waals surface area contributed by atoms with Crippen LogP contribution >= 0.6 is 11.6 Å². The van der Waals surface area contributed by atoms with Crippen LogP contribution < -0.4 is 10.5 Å². The van der Waals surface area contributed by atoms with Gasteiger partial charge in [0.05, 0.1) is 11.4 Å². The molecule has 0 aliphatic carbocycles. The minimum Gasteiger partial charge on any atom is -0.399 e. The Morgan fingerprint density at radius 3 is 2.42 bits per heavy atom. The molecule has 1 rings (SSSR count). The molecule has 0 fully saturated rings. The molecule has 0 atom stereocenters. The normalized spacial score (nSPS) is 12.7. The number of hydrogen-bond acceptors (Lipinski definition) is 3. The lowest BCUT2D eigenvalue weighted by atomic mass is 10.3. The minimum atomic E-state index is -4.52.